The topological polar surface area (TPSA) is 95.1 Å². The molecule has 3 rings (SSSR count). The summed E-state index contributed by atoms with van der Waals surface area (Å²) < 4.78 is 20.0. The SMILES string of the molecule is Cc1ccc(OCCNC(=O)CSc2nnc(-c3ccc(F)cc3)n2N)c(C)c1. The van der Waals surface area contributed by atoms with Gasteiger partial charge in [-0.05, 0) is 49.7 Å². The van der Waals surface area contributed by atoms with Crippen molar-refractivity contribution in [3.05, 3.63) is 59.4 Å². The Kier molecular flexibility index (Phi) is 6.71. The molecule has 1 amide bonds. The van der Waals surface area contributed by atoms with Gasteiger partial charge in [-0.3, -0.25) is 4.79 Å². The summed E-state index contributed by atoms with van der Waals surface area (Å²) in [6, 6.07) is 11.7. The lowest BCUT2D eigenvalue weighted by Crippen LogP contribution is -2.29. The molecule has 2 aromatic carbocycles. The quantitative estimate of drug-likeness (QED) is 0.334. The number of rotatable bonds is 8. The maximum atomic E-state index is 13.0. The fourth-order valence-corrected chi connectivity index (χ4v) is 3.35. The second-order valence-corrected chi connectivity index (χ2v) is 7.38. The highest BCUT2D eigenvalue weighted by Gasteiger charge is 2.13. The van der Waals surface area contributed by atoms with Crippen LogP contribution in [0.5, 0.6) is 5.75 Å². The molecule has 1 aromatic heterocycles. The first-order valence-electron chi connectivity index (χ1n) is 9.00. The molecule has 0 aliphatic carbocycles. The summed E-state index contributed by atoms with van der Waals surface area (Å²) in [5, 5.41) is 11.2. The normalized spacial score (nSPS) is 10.7. The molecule has 0 aliphatic rings. The van der Waals surface area contributed by atoms with E-state index in [0.29, 0.717) is 29.7 Å². The predicted octanol–water partition coefficient (Wildman–Crippen LogP) is 2.70. The van der Waals surface area contributed by atoms with Gasteiger partial charge in [-0.15, -0.1) is 10.2 Å². The van der Waals surface area contributed by atoms with E-state index in [1.54, 1.807) is 12.1 Å². The van der Waals surface area contributed by atoms with Crippen molar-refractivity contribution < 1.29 is 13.9 Å². The summed E-state index contributed by atoms with van der Waals surface area (Å²) in [4.78, 5) is 12.0. The number of nitrogens with one attached hydrogen (secondary N) is 1. The van der Waals surface area contributed by atoms with Crippen molar-refractivity contribution in [1.29, 1.82) is 0 Å². The molecular formula is C20H22FN5O2S. The molecule has 0 aliphatic heterocycles. The predicted molar refractivity (Wildman–Crippen MR) is 111 cm³/mol. The number of amides is 1. The Bertz CT molecular complexity index is 991. The van der Waals surface area contributed by atoms with Crippen LogP contribution in [0.4, 0.5) is 4.39 Å². The average molecular weight is 415 g/mol. The zero-order valence-electron chi connectivity index (χ0n) is 16.2. The molecule has 0 spiro atoms. The third-order valence-electron chi connectivity index (χ3n) is 4.11. The number of halogens is 1. The third kappa shape index (κ3) is 5.47. The van der Waals surface area contributed by atoms with Crippen LogP contribution in [-0.4, -0.2) is 39.7 Å². The fourth-order valence-electron chi connectivity index (χ4n) is 2.67. The molecule has 29 heavy (non-hydrogen) atoms. The van der Waals surface area contributed by atoms with E-state index in [0.717, 1.165) is 11.3 Å². The second-order valence-electron chi connectivity index (χ2n) is 6.44. The highest BCUT2D eigenvalue weighted by Crippen LogP contribution is 2.21. The number of aromatic nitrogens is 3. The Hall–Kier alpha value is -3.07. The van der Waals surface area contributed by atoms with E-state index in [4.69, 9.17) is 10.6 Å². The number of aryl methyl sites for hydroxylation is 2. The maximum Gasteiger partial charge on any atom is 0.230 e. The number of carbonyl (C=O) groups excluding carboxylic acids is 1. The minimum atomic E-state index is -0.343. The van der Waals surface area contributed by atoms with Crippen LogP contribution in [0.1, 0.15) is 11.1 Å². The van der Waals surface area contributed by atoms with E-state index in [9.17, 15) is 9.18 Å². The van der Waals surface area contributed by atoms with Crippen molar-refractivity contribution >= 4 is 17.7 Å². The minimum Gasteiger partial charge on any atom is -0.491 e. The number of nitrogens with two attached hydrogens (primary N) is 1. The van der Waals surface area contributed by atoms with E-state index in [-0.39, 0.29) is 17.5 Å². The molecule has 0 atom stereocenters. The molecule has 7 nitrogen and oxygen atoms in total. The van der Waals surface area contributed by atoms with Crippen LogP contribution in [-0.2, 0) is 4.79 Å². The van der Waals surface area contributed by atoms with Crippen LogP contribution in [0.3, 0.4) is 0 Å². The van der Waals surface area contributed by atoms with Crippen LogP contribution in [0.2, 0.25) is 0 Å². The van der Waals surface area contributed by atoms with Crippen molar-refractivity contribution in [2.24, 2.45) is 0 Å². The summed E-state index contributed by atoms with van der Waals surface area (Å²) in [6.45, 7) is 4.78. The molecule has 1 heterocycles. The van der Waals surface area contributed by atoms with Crippen molar-refractivity contribution in [2.45, 2.75) is 19.0 Å². The Morgan fingerprint density at radius 2 is 1.97 bits per heavy atom. The smallest absolute Gasteiger partial charge is 0.230 e. The Balaban J connectivity index is 1.44. The fraction of sp³-hybridized carbons (Fsp3) is 0.250. The summed E-state index contributed by atoms with van der Waals surface area (Å²) >= 11 is 1.17. The maximum absolute atomic E-state index is 13.0. The molecule has 0 saturated carbocycles. The first-order valence-corrected chi connectivity index (χ1v) is 9.98. The molecule has 9 heteroatoms. The molecule has 0 radical (unpaired) electrons. The second kappa shape index (κ2) is 9.42. The lowest BCUT2D eigenvalue weighted by molar-refractivity contribution is -0.118. The van der Waals surface area contributed by atoms with Gasteiger partial charge in [-0.1, -0.05) is 29.5 Å². The van der Waals surface area contributed by atoms with Gasteiger partial charge in [-0.2, -0.15) is 0 Å². The average Bonchev–Trinajstić information content (AvgIpc) is 3.06. The van der Waals surface area contributed by atoms with Crippen molar-refractivity contribution in [1.82, 2.24) is 20.2 Å². The van der Waals surface area contributed by atoms with E-state index in [1.807, 2.05) is 32.0 Å². The monoisotopic (exact) mass is 415 g/mol. The van der Waals surface area contributed by atoms with E-state index in [1.165, 1.54) is 34.1 Å². The number of benzene rings is 2. The summed E-state index contributed by atoms with van der Waals surface area (Å²) in [5.41, 5.74) is 2.88. The highest BCUT2D eigenvalue weighted by atomic mass is 32.2. The lowest BCUT2D eigenvalue weighted by atomic mass is 10.1. The molecule has 3 aromatic rings. The number of hydrogen-bond donors (Lipinski definition) is 2. The van der Waals surface area contributed by atoms with E-state index in [2.05, 4.69) is 15.5 Å². The largest absolute Gasteiger partial charge is 0.491 e. The first kappa shape index (κ1) is 20.7. The van der Waals surface area contributed by atoms with Gasteiger partial charge in [0.25, 0.3) is 0 Å². The van der Waals surface area contributed by atoms with Crippen LogP contribution in [0.25, 0.3) is 11.4 Å². The summed E-state index contributed by atoms with van der Waals surface area (Å²) in [5.74, 6) is 6.84. The van der Waals surface area contributed by atoms with Crippen LogP contribution in [0.15, 0.2) is 47.6 Å². The van der Waals surface area contributed by atoms with Gasteiger partial charge < -0.3 is 15.9 Å². The number of nitrogen functional groups attached to an aromatic ring is 1. The van der Waals surface area contributed by atoms with Crippen LogP contribution in [0, 0.1) is 19.7 Å². The lowest BCUT2D eigenvalue weighted by Gasteiger charge is -2.10. The Morgan fingerprint density at radius 3 is 2.69 bits per heavy atom. The molecule has 152 valence electrons. The van der Waals surface area contributed by atoms with Crippen molar-refractivity contribution in [3.8, 4) is 17.1 Å². The number of nitrogens with zero attached hydrogens (tertiary/aromatic N) is 3. The van der Waals surface area contributed by atoms with Gasteiger partial charge >= 0.3 is 0 Å². The van der Waals surface area contributed by atoms with E-state index >= 15 is 0 Å². The first-order chi connectivity index (χ1) is 13.9. The standard InChI is InChI=1S/C20H22FN5O2S/c1-13-3-8-17(14(2)11-13)28-10-9-23-18(27)12-29-20-25-24-19(26(20)22)15-4-6-16(21)7-5-15/h3-8,11H,9-10,12,22H2,1-2H3,(H,23,27). The summed E-state index contributed by atoms with van der Waals surface area (Å²) in [6.07, 6.45) is 0. The van der Waals surface area contributed by atoms with Crippen LogP contribution < -0.4 is 15.9 Å². The molecule has 3 N–H and O–H groups in total. The van der Waals surface area contributed by atoms with Gasteiger partial charge in [0.05, 0.1) is 12.3 Å². The summed E-state index contributed by atoms with van der Waals surface area (Å²) in [7, 11) is 0. The zero-order valence-corrected chi connectivity index (χ0v) is 17.0. The van der Waals surface area contributed by atoms with E-state index < -0.39 is 0 Å². The Labute approximate surface area is 172 Å². The zero-order chi connectivity index (χ0) is 20.8. The van der Waals surface area contributed by atoms with Gasteiger partial charge in [-0.25, -0.2) is 9.07 Å². The number of carbonyl (C=O) groups is 1. The van der Waals surface area contributed by atoms with Crippen molar-refractivity contribution in [3.63, 3.8) is 0 Å². The highest BCUT2D eigenvalue weighted by molar-refractivity contribution is 7.99. The van der Waals surface area contributed by atoms with Gasteiger partial charge in [0.1, 0.15) is 18.2 Å². The number of ether oxygens (including phenoxy) is 1. The number of hydrogen-bond acceptors (Lipinski definition) is 6. The minimum absolute atomic E-state index is 0.141. The van der Waals surface area contributed by atoms with Gasteiger partial charge in [0, 0.05) is 5.56 Å². The molecular weight excluding hydrogens is 393 g/mol. The van der Waals surface area contributed by atoms with Crippen molar-refractivity contribution in [2.75, 3.05) is 24.7 Å². The molecule has 0 bridgehead atoms. The van der Waals surface area contributed by atoms with Gasteiger partial charge in [0.15, 0.2) is 5.82 Å². The molecule has 0 unspecified atom stereocenters. The number of thioether (sulfide) groups is 1. The molecule has 0 saturated heterocycles. The molecule has 0 fully saturated rings. The van der Waals surface area contributed by atoms with Gasteiger partial charge in [0.2, 0.25) is 11.1 Å². The third-order valence-corrected chi connectivity index (χ3v) is 5.05. The van der Waals surface area contributed by atoms with Crippen LogP contribution >= 0.6 is 11.8 Å². The Morgan fingerprint density at radius 1 is 1.21 bits per heavy atom.